The predicted molar refractivity (Wildman–Crippen MR) is 228 cm³/mol. The predicted octanol–water partition coefficient (Wildman–Crippen LogP) is 13.2. The summed E-state index contributed by atoms with van der Waals surface area (Å²) in [6.07, 6.45) is 6.05. The summed E-state index contributed by atoms with van der Waals surface area (Å²) < 4.78 is 6.23. The highest BCUT2D eigenvalue weighted by atomic mass is 16.3. The molecule has 0 N–H and O–H groups in total. The van der Waals surface area contributed by atoms with Crippen LogP contribution in [0.1, 0.15) is 48.8 Å². The van der Waals surface area contributed by atoms with Crippen molar-refractivity contribution in [1.82, 2.24) is 15.0 Å². The first-order valence-electron chi connectivity index (χ1n) is 19.8. The number of hydrogen-bond acceptors (Lipinski definition) is 5. The second-order valence-corrected chi connectivity index (χ2v) is 15.4. The van der Waals surface area contributed by atoms with E-state index in [9.17, 15) is 5.26 Å². The van der Waals surface area contributed by atoms with Crippen LogP contribution in [0.2, 0.25) is 0 Å². The third-order valence-corrected chi connectivity index (χ3v) is 12.2. The van der Waals surface area contributed by atoms with Gasteiger partial charge < -0.3 is 4.42 Å². The summed E-state index contributed by atoms with van der Waals surface area (Å²) in [6, 6.07) is 57.3. The van der Waals surface area contributed by atoms with E-state index in [4.69, 9.17) is 19.4 Å². The monoisotopic (exact) mass is 732 g/mol. The Labute approximate surface area is 331 Å². The SMILES string of the molecule is N#Cc1ccc2c(c1)-c1c(-c3cccc(-c4ccc(-c5nc(-c6ccccc6)nc(-c6ccc7c(c6)oc6ccccc67)n5)cc4)c3)cccc1C21CCCCC1. The highest BCUT2D eigenvalue weighted by Gasteiger charge is 2.44. The molecule has 2 aromatic heterocycles. The van der Waals surface area contributed by atoms with Crippen LogP contribution in [0.4, 0.5) is 0 Å². The molecule has 57 heavy (non-hydrogen) atoms. The van der Waals surface area contributed by atoms with Crippen molar-refractivity contribution < 1.29 is 4.42 Å². The Morgan fingerprint density at radius 3 is 1.91 bits per heavy atom. The number of furan rings is 1. The summed E-state index contributed by atoms with van der Waals surface area (Å²) in [5, 5.41) is 12.0. The van der Waals surface area contributed by atoms with E-state index in [1.54, 1.807) is 0 Å². The van der Waals surface area contributed by atoms with E-state index in [-0.39, 0.29) is 5.41 Å². The highest BCUT2D eigenvalue weighted by Crippen LogP contribution is 2.58. The summed E-state index contributed by atoms with van der Waals surface area (Å²) in [5.74, 6) is 1.81. The van der Waals surface area contributed by atoms with Gasteiger partial charge in [0.1, 0.15) is 11.2 Å². The molecular weight excluding hydrogens is 697 g/mol. The Kier molecular flexibility index (Phi) is 7.72. The van der Waals surface area contributed by atoms with Crippen LogP contribution in [-0.4, -0.2) is 15.0 Å². The summed E-state index contributed by atoms with van der Waals surface area (Å²) in [6.45, 7) is 0. The summed E-state index contributed by atoms with van der Waals surface area (Å²) in [7, 11) is 0. The number of nitriles is 1. The second-order valence-electron chi connectivity index (χ2n) is 15.4. The molecule has 2 aliphatic rings. The van der Waals surface area contributed by atoms with Crippen molar-refractivity contribution in [3.05, 3.63) is 174 Å². The van der Waals surface area contributed by atoms with Gasteiger partial charge in [-0.3, -0.25) is 0 Å². The third kappa shape index (κ3) is 5.48. The molecule has 0 aliphatic heterocycles. The molecule has 7 aromatic carbocycles. The van der Waals surface area contributed by atoms with Gasteiger partial charge in [-0.05, 0) is 93.7 Å². The van der Waals surface area contributed by atoms with Gasteiger partial charge in [-0.2, -0.15) is 5.26 Å². The topological polar surface area (TPSA) is 75.6 Å². The van der Waals surface area contributed by atoms with Crippen molar-refractivity contribution in [2.75, 3.05) is 0 Å². The zero-order chi connectivity index (χ0) is 37.9. The standard InChI is InChI=1S/C52H36N4O/c53-32-33-19-26-44-43(29-33)48-40(16-10-17-45(48)52(44)27-7-2-8-28-52)38-14-9-13-37(30-38)34-20-22-36(23-21-34)50-54-49(35-11-3-1-4-12-35)55-51(56-50)39-24-25-42-41-15-5-6-18-46(41)57-47(42)31-39/h1,3-6,9-26,29-31H,2,7-8,27-28H2. The van der Waals surface area contributed by atoms with Crippen molar-refractivity contribution in [3.63, 3.8) is 0 Å². The van der Waals surface area contributed by atoms with Crippen LogP contribution in [0.15, 0.2) is 162 Å². The Balaban J connectivity index is 0.972. The summed E-state index contributed by atoms with van der Waals surface area (Å²) >= 11 is 0. The molecule has 0 unspecified atom stereocenters. The molecule has 1 saturated carbocycles. The van der Waals surface area contributed by atoms with E-state index >= 15 is 0 Å². The van der Waals surface area contributed by atoms with Gasteiger partial charge in [-0.1, -0.05) is 141 Å². The lowest BCUT2D eigenvalue weighted by Crippen LogP contribution is -2.28. The van der Waals surface area contributed by atoms with Crippen LogP contribution in [0.3, 0.4) is 0 Å². The summed E-state index contributed by atoms with van der Waals surface area (Å²) in [5.41, 5.74) is 15.0. The first kappa shape index (κ1) is 33.2. The van der Waals surface area contributed by atoms with Crippen molar-refractivity contribution in [2.45, 2.75) is 37.5 Å². The number of hydrogen-bond donors (Lipinski definition) is 0. The minimum atomic E-state index is 0.0236. The molecule has 0 atom stereocenters. The van der Waals surface area contributed by atoms with Crippen LogP contribution in [0.5, 0.6) is 0 Å². The van der Waals surface area contributed by atoms with Crippen molar-refractivity contribution in [2.24, 2.45) is 0 Å². The van der Waals surface area contributed by atoms with E-state index in [0.717, 1.165) is 62.6 Å². The first-order valence-corrected chi connectivity index (χ1v) is 19.8. The van der Waals surface area contributed by atoms with Crippen molar-refractivity contribution in [1.29, 1.82) is 5.26 Å². The Morgan fingerprint density at radius 2 is 1.11 bits per heavy atom. The fraction of sp³-hybridized carbons (Fsp3) is 0.115. The Morgan fingerprint density at radius 1 is 0.456 bits per heavy atom. The van der Waals surface area contributed by atoms with E-state index in [1.165, 1.54) is 52.6 Å². The molecule has 11 rings (SSSR count). The Bertz CT molecular complexity index is 3060. The normalized spacial score (nSPS) is 14.1. The lowest BCUT2D eigenvalue weighted by atomic mass is 9.67. The van der Waals surface area contributed by atoms with Gasteiger partial charge >= 0.3 is 0 Å². The maximum atomic E-state index is 9.88. The van der Waals surface area contributed by atoms with Crippen LogP contribution < -0.4 is 0 Å². The molecule has 2 heterocycles. The average Bonchev–Trinajstić information content (AvgIpc) is 3.79. The molecule has 9 aromatic rings. The van der Waals surface area contributed by atoms with Gasteiger partial charge in [-0.25, -0.2) is 15.0 Å². The van der Waals surface area contributed by atoms with Crippen LogP contribution in [-0.2, 0) is 5.41 Å². The van der Waals surface area contributed by atoms with Crippen molar-refractivity contribution in [3.8, 4) is 73.6 Å². The van der Waals surface area contributed by atoms with Gasteiger partial charge in [-0.15, -0.1) is 0 Å². The quantitative estimate of drug-likeness (QED) is 0.176. The fourth-order valence-corrected chi connectivity index (χ4v) is 9.45. The molecule has 5 heteroatoms. The maximum Gasteiger partial charge on any atom is 0.164 e. The number of aromatic nitrogens is 3. The zero-order valence-electron chi connectivity index (χ0n) is 31.2. The molecular formula is C52H36N4O. The minimum Gasteiger partial charge on any atom is -0.456 e. The summed E-state index contributed by atoms with van der Waals surface area (Å²) in [4.78, 5) is 15.0. The molecule has 270 valence electrons. The fourth-order valence-electron chi connectivity index (χ4n) is 9.45. The van der Waals surface area contributed by atoms with Gasteiger partial charge in [0.05, 0.1) is 11.6 Å². The van der Waals surface area contributed by atoms with Gasteiger partial charge in [0, 0.05) is 32.9 Å². The van der Waals surface area contributed by atoms with E-state index in [0.29, 0.717) is 23.0 Å². The molecule has 5 nitrogen and oxygen atoms in total. The molecule has 1 fully saturated rings. The lowest BCUT2D eigenvalue weighted by Gasteiger charge is -2.36. The lowest BCUT2D eigenvalue weighted by molar-refractivity contribution is 0.353. The van der Waals surface area contributed by atoms with Crippen LogP contribution >= 0.6 is 0 Å². The molecule has 0 saturated heterocycles. The van der Waals surface area contributed by atoms with Crippen LogP contribution in [0, 0.1) is 11.3 Å². The minimum absolute atomic E-state index is 0.0236. The second kappa shape index (κ2) is 13.3. The maximum absolute atomic E-state index is 9.88. The highest BCUT2D eigenvalue weighted by molar-refractivity contribution is 6.05. The molecule has 1 spiro atoms. The van der Waals surface area contributed by atoms with E-state index < -0.39 is 0 Å². The smallest absolute Gasteiger partial charge is 0.164 e. The number of para-hydroxylation sites is 1. The average molecular weight is 733 g/mol. The van der Waals surface area contributed by atoms with E-state index in [2.05, 4.69) is 103 Å². The zero-order valence-corrected chi connectivity index (χ0v) is 31.2. The largest absolute Gasteiger partial charge is 0.456 e. The molecule has 0 radical (unpaired) electrons. The number of nitrogens with zero attached hydrogens (tertiary/aromatic N) is 4. The van der Waals surface area contributed by atoms with Gasteiger partial charge in [0.2, 0.25) is 0 Å². The number of rotatable bonds is 5. The third-order valence-electron chi connectivity index (χ3n) is 12.2. The molecule has 0 amide bonds. The number of benzene rings is 7. The van der Waals surface area contributed by atoms with Crippen LogP contribution in [0.25, 0.3) is 89.5 Å². The molecule has 2 aliphatic carbocycles. The van der Waals surface area contributed by atoms with Crippen molar-refractivity contribution >= 4 is 21.9 Å². The van der Waals surface area contributed by atoms with Gasteiger partial charge in [0.25, 0.3) is 0 Å². The Hall–Kier alpha value is -7.16. The first-order chi connectivity index (χ1) is 28.1. The molecule has 0 bridgehead atoms. The van der Waals surface area contributed by atoms with Gasteiger partial charge in [0.15, 0.2) is 17.5 Å². The van der Waals surface area contributed by atoms with E-state index in [1.807, 2.05) is 60.7 Å². The number of fused-ring (bicyclic) bond motifs is 8.